The molecule has 6 heteroatoms. The highest BCUT2D eigenvalue weighted by Gasteiger charge is 2.36. The number of rotatable bonds is 4. The number of benzene rings is 1. The third kappa shape index (κ3) is 4.04. The van der Waals surface area contributed by atoms with Crippen LogP contribution in [0.15, 0.2) is 42.7 Å². The lowest BCUT2D eigenvalue weighted by Gasteiger charge is -2.39. The summed E-state index contributed by atoms with van der Waals surface area (Å²) in [6, 6.07) is 9.78. The van der Waals surface area contributed by atoms with E-state index >= 15 is 0 Å². The highest BCUT2D eigenvalue weighted by molar-refractivity contribution is 5.29. The Kier molecular flexibility index (Phi) is 4.56. The fourth-order valence-corrected chi connectivity index (χ4v) is 2.59. The number of nitrogens with zero attached hydrogens (tertiary/aromatic N) is 3. The van der Waals surface area contributed by atoms with Crippen molar-refractivity contribution in [1.82, 2.24) is 14.9 Å². The molecule has 0 aliphatic carbocycles. The molecule has 23 heavy (non-hydrogen) atoms. The number of ether oxygens (including phenoxy) is 1. The van der Waals surface area contributed by atoms with E-state index < -0.39 is 11.7 Å². The first-order valence-electron chi connectivity index (χ1n) is 7.69. The van der Waals surface area contributed by atoms with E-state index in [-0.39, 0.29) is 0 Å². The quantitative estimate of drug-likeness (QED) is 0.892. The third-order valence-corrected chi connectivity index (χ3v) is 4.16. The molecule has 0 spiro atoms. The molecule has 1 saturated heterocycles. The number of aliphatic hydroxyl groups is 2. The van der Waals surface area contributed by atoms with E-state index in [0.717, 1.165) is 18.7 Å². The summed E-state index contributed by atoms with van der Waals surface area (Å²) < 4.78 is 5.56. The van der Waals surface area contributed by atoms with E-state index in [4.69, 9.17) is 4.74 Å². The van der Waals surface area contributed by atoms with Crippen LogP contribution in [0.25, 0.3) is 0 Å². The zero-order valence-corrected chi connectivity index (χ0v) is 13.1. The van der Waals surface area contributed by atoms with Gasteiger partial charge in [-0.2, -0.15) is 0 Å². The molecule has 2 aromatic rings. The zero-order chi connectivity index (χ0) is 16.3. The van der Waals surface area contributed by atoms with Gasteiger partial charge in [0.1, 0.15) is 5.75 Å². The monoisotopic (exact) mass is 315 g/mol. The summed E-state index contributed by atoms with van der Waals surface area (Å²) in [7, 11) is 0. The molecule has 0 amide bonds. The van der Waals surface area contributed by atoms with Crippen molar-refractivity contribution in [2.75, 3.05) is 13.1 Å². The van der Waals surface area contributed by atoms with Crippen LogP contribution >= 0.6 is 0 Å². The van der Waals surface area contributed by atoms with Gasteiger partial charge in [-0.3, -0.25) is 4.90 Å². The van der Waals surface area contributed by atoms with Crippen LogP contribution in [0.2, 0.25) is 0 Å². The molecule has 0 saturated carbocycles. The van der Waals surface area contributed by atoms with Crippen LogP contribution in [0, 0.1) is 0 Å². The fraction of sp³-hybridized carbons (Fsp3) is 0.412. The summed E-state index contributed by atoms with van der Waals surface area (Å²) in [6.07, 6.45) is 3.12. The van der Waals surface area contributed by atoms with Gasteiger partial charge in [-0.25, -0.2) is 9.97 Å². The van der Waals surface area contributed by atoms with Gasteiger partial charge in [0.15, 0.2) is 0 Å². The van der Waals surface area contributed by atoms with Crippen molar-refractivity contribution in [3.63, 3.8) is 0 Å². The molecule has 1 fully saturated rings. The lowest BCUT2D eigenvalue weighted by molar-refractivity contribution is -0.108. The number of β-amino-alcohol motifs (C(OH)–C–C–N with tert-alkyl or cyclic N) is 1. The summed E-state index contributed by atoms with van der Waals surface area (Å²) in [4.78, 5) is 10.2. The van der Waals surface area contributed by atoms with Crippen molar-refractivity contribution >= 4 is 0 Å². The van der Waals surface area contributed by atoms with Crippen LogP contribution in [0.5, 0.6) is 11.8 Å². The van der Waals surface area contributed by atoms with Gasteiger partial charge in [-0.15, -0.1) is 0 Å². The SMILES string of the molecule is C[C@@]1(O)CCN(Cc2ccc(Oc3ncccn3)cc2)C[C@@H]1O. The molecule has 2 N–H and O–H groups in total. The van der Waals surface area contributed by atoms with Gasteiger partial charge in [-0.05, 0) is 37.1 Å². The summed E-state index contributed by atoms with van der Waals surface area (Å²) >= 11 is 0. The lowest BCUT2D eigenvalue weighted by atomic mass is 9.90. The molecule has 3 rings (SSSR count). The second-order valence-electron chi connectivity index (χ2n) is 6.14. The molecule has 1 aromatic heterocycles. The van der Waals surface area contributed by atoms with E-state index in [1.54, 1.807) is 25.4 Å². The lowest BCUT2D eigenvalue weighted by Crippen LogP contribution is -2.53. The number of aromatic nitrogens is 2. The highest BCUT2D eigenvalue weighted by atomic mass is 16.5. The third-order valence-electron chi connectivity index (χ3n) is 4.16. The van der Waals surface area contributed by atoms with Crippen molar-refractivity contribution in [3.05, 3.63) is 48.3 Å². The average molecular weight is 315 g/mol. The Morgan fingerprint density at radius 3 is 2.61 bits per heavy atom. The van der Waals surface area contributed by atoms with Gasteiger partial charge in [0.05, 0.1) is 11.7 Å². The van der Waals surface area contributed by atoms with Crippen molar-refractivity contribution in [3.8, 4) is 11.8 Å². The van der Waals surface area contributed by atoms with Crippen LogP contribution in [0.3, 0.4) is 0 Å². The van der Waals surface area contributed by atoms with Crippen LogP contribution in [-0.2, 0) is 6.54 Å². The summed E-state index contributed by atoms with van der Waals surface area (Å²) in [5, 5.41) is 20.0. The first-order chi connectivity index (χ1) is 11.0. The Bertz CT molecular complexity index is 631. The predicted molar refractivity (Wildman–Crippen MR) is 85.1 cm³/mol. The molecule has 0 radical (unpaired) electrons. The number of hydrogen-bond acceptors (Lipinski definition) is 6. The van der Waals surface area contributed by atoms with Crippen molar-refractivity contribution in [2.24, 2.45) is 0 Å². The van der Waals surface area contributed by atoms with Gasteiger partial charge in [0.25, 0.3) is 0 Å². The molecular weight excluding hydrogens is 294 g/mol. The molecule has 6 nitrogen and oxygen atoms in total. The first kappa shape index (κ1) is 15.9. The van der Waals surface area contributed by atoms with Crippen molar-refractivity contribution in [1.29, 1.82) is 0 Å². The number of likely N-dealkylation sites (tertiary alicyclic amines) is 1. The maximum atomic E-state index is 10.00. The maximum Gasteiger partial charge on any atom is 0.321 e. The summed E-state index contributed by atoms with van der Waals surface area (Å²) in [6.45, 7) is 3.66. The minimum atomic E-state index is -0.982. The van der Waals surface area contributed by atoms with Crippen molar-refractivity contribution < 1.29 is 14.9 Å². The number of piperidine rings is 1. The molecule has 2 atom stereocenters. The first-order valence-corrected chi connectivity index (χ1v) is 7.69. The van der Waals surface area contributed by atoms with Gasteiger partial charge in [-0.1, -0.05) is 12.1 Å². The second-order valence-corrected chi connectivity index (χ2v) is 6.14. The largest absolute Gasteiger partial charge is 0.424 e. The molecule has 2 heterocycles. The molecule has 0 bridgehead atoms. The normalized spacial score (nSPS) is 25.3. The average Bonchev–Trinajstić information content (AvgIpc) is 2.54. The molecule has 122 valence electrons. The van der Waals surface area contributed by atoms with Gasteiger partial charge in [0.2, 0.25) is 0 Å². The van der Waals surface area contributed by atoms with Crippen molar-refractivity contribution in [2.45, 2.75) is 31.6 Å². The Hall–Kier alpha value is -2.02. The minimum Gasteiger partial charge on any atom is -0.424 e. The maximum absolute atomic E-state index is 10.00. The highest BCUT2D eigenvalue weighted by Crippen LogP contribution is 2.24. The molecule has 1 aromatic carbocycles. The topological polar surface area (TPSA) is 78.7 Å². The van der Waals surface area contributed by atoms with E-state index in [0.29, 0.717) is 24.7 Å². The Morgan fingerprint density at radius 1 is 1.26 bits per heavy atom. The molecule has 0 unspecified atom stereocenters. The zero-order valence-electron chi connectivity index (χ0n) is 13.1. The van der Waals surface area contributed by atoms with Crippen LogP contribution in [-0.4, -0.2) is 49.9 Å². The fourth-order valence-electron chi connectivity index (χ4n) is 2.59. The summed E-state index contributed by atoms with van der Waals surface area (Å²) in [5.41, 5.74) is 0.143. The Balaban J connectivity index is 1.58. The van der Waals surface area contributed by atoms with E-state index in [1.807, 2.05) is 24.3 Å². The van der Waals surface area contributed by atoms with Gasteiger partial charge in [0, 0.05) is 32.0 Å². The number of aliphatic hydroxyl groups excluding tert-OH is 1. The van der Waals surface area contributed by atoms with Crippen LogP contribution < -0.4 is 4.74 Å². The van der Waals surface area contributed by atoms with E-state index in [2.05, 4.69) is 14.9 Å². The molecular formula is C17H21N3O3. The van der Waals surface area contributed by atoms with Gasteiger partial charge >= 0.3 is 6.01 Å². The van der Waals surface area contributed by atoms with Crippen LogP contribution in [0.4, 0.5) is 0 Å². The Labute approximate surface area is 135 Å². The van der Waals surface area contributed by atoms with E-state index in [1.165, 1.54) is 0 Å². The predicted octanol–water partition coefficient (Wildman–Crippen LogP) is 1.59. The number of hydrogen-bond donors (Lipinski definition) is 2. The van der Waals surface area contributed by atoms with Crippen LogP contribution in [0.1, 0.15) is 18.9 Å². The molecule has 1 aliphatic rings. The minimum absolute atomic E-state index is 0.321. The second kappa shape index (κ2) is 6.62. The van der Waals surface area contributed by atoms with E-state index in [9.17, 15) is 10.2 Å². The van der Waals surface area contributed by atoms with Gasteiger partial charge < -0.3 is 14.9 Å². The Morgan fingerprint density at radius 2 is 1.96 bits per heavy atom. The smallest absolute Gasteiger partial charge is 0.321 e. The standard InChI is InChI=1S/C17H21N3O3/c1-17(22)7-10-20(12-15(17)21)11-13-3-5-14(6-4-13)23-16-18-8-2-9-19-16/h2-6,8-9,15,21-22H,7,10-12H2,1H3/t15-,17+/m0/s1. The molecule has 1 aliphatic heterocycles. The summed E-state index contributed by atoms with van der Waals surface area (Å²) in [5.74, 6) is 0.682.